The Morgan fingerprint density at radius 3 is 2.56 bits per heavy atom. The summed E-state index contributed by atoms with van der Waals surface area (Å²) in [6.07, 6.45) is 3.85. The lowest BCUT2D eigenvalue weighted by atomic mass is 9.99. The molecule has 0 aromatic heterocycles. The minimum atomic E-state index is -3.56. The van der Waals surface area contributed by atoms with E-state index in [0.717, 1.165) is 31.2 Å². The highest BCUT2D eigenvalue weighted by atomic mass is 35.5. The van der Waals surface area contributed by atoms with Crippen molar-refractivity contribution in [3.05, 3.63) is 29.8 Å². The van der Waals surface area contributed by atoms with Crippen LogP contribution in [0.2, 0.25) is 0 Å². The number of nitrogens with two attached hydrogens (primary N) is 1. The molecule has 1 aromatic carbocycles. The van der Waals surface area contributed by atoms with Crippen LogP contribution in [0.5, 0.6) is 0 Å². The van der Waals surface area contributed by atoms with Gasteiger partial charge < -0.3 is 11.1 Å². The van der Waals surface area contributed by atoms with Crippen molar-refractivity contribution >= 4 is 28.3 Å². The van der Waals surface area contributed by atoms with Gasteiger partial charge in [-0.15, -0.1) is 12.4 Å². The van der Waals surface area contributed by atoms with E-state index in [0.29, 0.717) is 30.4 Å². The zero-order chi connectivity index (χ0) is 19.2. The van der Waals surface area contributed by atoms with Crippen molar-refractivity contribution in [3.8, 4) is 0 Å². The highest BCUT2D eigenvalue weighted by Crippen LogP contribution is 2.27. The molecule has 2 rings (SSSR count). The summed E-state index contributed by atoms with van der Waals surface area (Å²) < 4.78 is 27.8. The molecule has 1 aromatic rings. The monoisotopic (exact) mass is 417 g/mol. The number of hydrogen-bond acceptors (Lipinski definition) is 4. The molecule has 2 unspecified atom stereocenters. The van der Waals surface area contributed by atoms with E-state index in [-0.39, 0.29) is 30.8 Å². The van der Waals surface area contributed by atoms with Gasteiger partial charge in [-0.25, -0.2) is 8.42 Å². The maximum Gasteiger partial charge on any atom is 0.243 e. The fourth-order valence-corrected chi connectivity index (χ4v) is 4.98. The van der Waals surface area contributed by atoms with Crippen LogP contribution in [0.4, 0.5) is 0 Å². The van der Waals surface area contributed by atoms with Crippen LogP contribution in [-0.2, 0) is 14.8 Å². The Bertz CT molecular complexity index is 695. The highest BCUT2D eigenvalue weighted by Gasteiger charge is 2.33. The van der Waals surface area contributed by atoms with Gasteiger partial charge in [0.1, 0.15) is 0 Å². The fraction of sp³-hybridized carbons (Fsp3) is 0.632. The summed E-state index contributed by atoms with van der Waals surface area (Å²) in [7, 11) is -3.56. The van der Waals surface area contributed by atoms with Crippen molar-refractivity contribution in [3.63, 3.8) is 0 Å². The normalized spacial score (nSPS) is 19.1. The maximum absolute atomic E-state index is 13.1. The summed E-state index contributed by atoms with van der Waals surface area (Å²) in [4.78, 5) is 12.0. The predicted octanol–water partition coefficient (Wildman–Crippen LogP) is 2.63. The van der Waals surface area contributed by atoms with E-state index in [1.165, 1.54) is 0 Å². The van der Waals surface area contributed by atoms with Gasteiger partial charge in [-0.2, -0.15) is 4.31 Å². The van der Waals surface area contributed by atoms with Crippen molar-refractivity contribution in [2.45, 2.75) is 62.8 Å². The number of carbonyl (C=O) groups excluding carboxylic acids is 1. The number of sulfonamides is 1. The summed E-state index contributed by atoms with van der Waals surface area (Å²) >= 11 is 0. The van der Waals surface area contributed by atoms with E-state index in [1.807, 2.05) is 12.1 Å². The molecule has 1 aliphatic rings. The van der Waals surface area contributed by atoms with E-state index in [9.17, 15) is 13.2 Å². The zero-order valence-corrected chi connectivity index (χ0v) is 17.8. The van der Waals surface area contributed by atoms with E-state index >= 15 is 0 Å². The van der Waals surface area contributed by atoms with Gasteiger partial charge in [-0.1, -0.05) is 32.4 Å². The van der Waals surface area contributed by atoms with E-state index in [1.54, 1.807) is 16.4 Å². The van der Waals surface area contributed by atoms with Crippen molar-refractivity contribution in [1.29, 1.82) is 0 Å². The molecule has 27 heavy (non-hydrogen) atoms. The van der Waals surface area contributed by atoms with Gasteiger partial charge in [0.15, 0.2) is 0 Å². The van der Waals surface area contributed by atoms with E-state index < -0.39 is 10.0 Å². The standard InChI is InChI=1S/C19H31N3O3S.ClH/c1-3-15(2)16-7-9-18(10-8-16)26(24,25)22-13-5-4-6-17(22)14-21-19(23)11-12-20;/h7-10,15,17H,3-6,11-14,20H2,1-2H3,(H,21,23);1H. The molecule has 0 radical (unpaired) electrons. The summed E-state index contributed by atoms with van der Waals surface area (Å²) in [6, 6.07) is 7.02. The Balaban J connectivity index is 0.00000364. The maximum atomic E-state index is 13.1. The van der Waals surface area contributed by atoms with Crippen molar-refractivity contribution < 1.29 is 13.2 Å². The molecule has 2 atom stereocenters. The van der Waals surface area contributed by atoms with Crippen molar-refractivity contribution in [2.24, 2.45) is 5.73 Å². The Kier molecular flexibility index (Phi) is 9.73. The molecule has 0 saturated carbocycles. The SMILES string of the molecule is CCC(C)c1ccc(S(=O)(=O)N2CCCCC2CNC(=O)CCN)cc1.Cl. The third-order valence-corrected chi connectivity index (χ3v) is 7.11. The molecular weight excluding hydrogens is 386 g/mol. The number of benzene rings is 1. The second-order valence-electron chi connectivity index (χ2n) is 6.99. The van der Waals surface area contributed by atoms with Crippen LogP contribution in [0.1, 0.15) is 57.4 Å². The van der Waals surface area contributed by atoms with Crippen LogP contribution in [-0.4, -0.2) is 44.3 Å². The van der Waals surface area contributed by atoms with Gasteiger partial charge in [0, 0.05) is 32.1 Å². The van der Waals surface area contributed by atoms with Crippen LogP contribution in [0.25, 0.3) is 0 Å². The number of hydrogen-bond donors (Lipinski definition) is 2. The number of nitrogens with one attached hydrogen (secondary N) is 1. The lowest BCUT2D eigenvalue weighted by Crippen LogP contribution is -2.49. The molecule has 1 saturated heterocycles. The number of amides is 1. The molecule has 1 amide bonds. The molecule has 3 N–H and O–H groups in total. The van der Waals surface area contributed by atoms with Gasteiger partial charge in [0.05, 0.1) is 4.90 Å². The Labute approximate surface area is 169 Å². The zero-order valence-electron chi connectivity index (χ0n) is 16.2. The first-order chi connectivity index (χ1) is 12.4. The summed E-state index contributed by atoms with van der Waals surface area (Å²) in [5.41, 5.74) is 6.54. The topological polar surface area (TPSA) is 92.5 Å². The third kappa shape index (κ3) is 6.17. The molecule has 1 aliphatic heterocycles. The predicted molar refractivity (Wildman–Crippen MR) is 111 cm³/mol. The smallest absolute Gasteiger partial charge is 0.243 e. The van der Waals surface area contributed by atoms with Crippen LogP contribution in [0.15, 0.2) is 29.2 Å². The molecule has 6 nitrogen and oxygen atoms in total. The van der Waals surface area contributed by atoms with E-state index in [2.05, 4.69) is 19.2 Å². The van der Waals surface area contributed by atoms with Crippen LogP contribution in [0.3, 0.4) is 0 Å². The Morgan fingerprint density at radius 2 is 1.96 bits per heavy atom. The molecule has 1 heterocycles. The molecule has 154 valence electrons. The van der Waals surface area contributed by atoms with Crippen LogP contribution in [0, 0.1) is 0 Å². The fourth-order valence-electron chi connectivity index (χ4n) is 3.29. The van der Waals surface area contributed by atoms with E-state index in [4.69, 9.17) is 5.73 Å². The lowest BCUT2D eigenvalue weighted by molar-refractivity contribution is -0.121. The Hall–Kier alpha value is -1.15. The average molecular weight is 418 g/mol. The molecule has 8 heteroatoms. The first-order valence-electron chi connectivity index (χ1n) is 9.48. The summed E-state index contributed by atoms with van der Waals surface area (Å²) in [5, 5.41) is 2.81. The molecule has 0 aliphatic carbocycles. The van der Waals surface area contributed by atoms with Crippen LogP contribution < -0.4 is 11.1 Å². The molecule has 1 fully saturated rings. The van der Waals surface area contributed by atoms with Gasteiger partial charge in [-0.3, -0.25) is 4.79 Å². The second kappa shape index (κ2) is 11.0. The molecule has 0 spiro atoms. The first-order valence-corrected chi connectivity index (χ1v) is 10.9. The number of nitrogens with zero attached hydrogens (tertiary/aromatic N) is 1. The summed E-state index contributed by atoms with van der Waals surface area (Å²) in [6.45, 7) is 5.37. The second-order valence-corrected chi connectivity index (χ2v) is 8.88. The minimum absolute atomic E-state index is 0. The lowest BCUT2D eigenvalue weighted by Gasteiger charge is -2.34. The number of carbonyl (C=O) groups is 1. The number of rotatable bonds is 8. The highest BCUT2D eigenvalue weighted by molar-refractivity contribution is 7.89. The largest absolute Gasteiger partial charge is 0.354 e. The Morgan fingerprint density at radius 1 is 1.30 bits per heavy atom. The van der Waals surface area contributed by atoms with Crippen LogP contribution >= 0.6 is 12.4 Å². The van der Waals surface area contributed by atoms with Crippen molar-refractivity contribution in [1.82, 2.24) is 9.62 Å². The quantitative estimate of drug-likeness (QED) is 0.679. The van der Waals surface area contributed by atoms with Gasteiger partial charge in [0.2, 0.25) is 15.9 Å². The van der Waals surface area contributed by atoms with Crippen molar-refractivity contribution in [2.75, 3.05) is 19.6 Å². The molecule has 0 bridgehead atoms. The summed E-state index contributed by atoms with van der Waals surface area (Å²) in [5.74, 6) is 0.278. The van der Waals surface area contributed by atoms with Gasteiger partial charge in [-0.05, 0) is 42.9 Å². The number of halogens is 1. The van der Waals surface area contributed by atoms with Gasteiger partial charge in [0.25, 0.3) is 0 Å². The number of piperidine rings is 1. The molecular formula is C19H32ClN3O3S. The first kappa shape index (κ1) is 23.9. The minimum Gasteiger partial charge on any atom is -0.354 e. The van der Waals surface area contributed by atoms with Gasteiger partial charge >= 0.3 is 0 Å². The third-order valence-electron chi connectivity index (χ3n) is 5.15. The average Bonchev–Trinajstić information content (AvgIpc) is 2.66.